The number of nitrogens with zero attached hydrogens (tertiary/aromatic N) is 2. The molecular formula is C18H27ClN2OSSi. The Bertz CT molecular complexity index is 738. The molecule has 6 heteroatoms. The molecule has 2 aromatic rings. The third-order valence-corrected chi connectivity index (χ3v) is 11.7. The Morgan fingerprint density at radius 2 is 2.08 bits per heavy atom. The number of aryl methyl sites for hydroxylation is 1. The van der Waals surface area contributed by atoms with Gasteiger partial charge >= 0.3 is 0 Å². The van der Waals surface area contributed by atoms with E-state index in [0.717, 1.165) is 36.1 Å². The number of aromatic nitrogens is 2. The molecule has 1 aliphatic rings. The average molecular weight is 383 g/mol. The third-order valence-electron chi connectivity index (χ3n) is 5.69. The molecule has 0 saturated heterocycles. The summed E-state index contributed by atoms with van der Waals surface area (Å²) in [7, 11) is -1.64. The van der Waals surface area contributed by atoms with Crippen LogP contribution in [0.25, 0.3) is 10.2 Å². The van der Waals surface area contributed by atoms with Gasteiger partial charge in [-0.1, -0.05) is 32.4 Å². The Morgan fingerprint density at radius 1 is 1.33 bits per heavy atom. The Morgan fingerprint density at radius 3 is 2.79 bits per heavy atom. The van der Waals surface area contributed by atoms with E-state index >= 15 is 0 Å². The van der Waals surface area contributed by atoms with E-state index in [2.05, 4.69) is 43.8 Å². The minimum absolute atomic E-state index is 0.279. The van der Waals surface area contributed by atoms with Gasteiger partial charge in [-0.05, 0) is 55.3 Å². The van der Waals surface area contributed by atoms with Crippen molar-refractivity contribution in [2.24, 2.45) is 5.92 Å². The molecule has 0 saturated carbocycles. The van der Waals surface area contributed by atoms with Crippen molar-refractivity contribution in [2.45, 2.75) is 64.6 Å². The van der Waals surface area contributed by atoms with E-state index in [-0.39, 0.29) is 5.04 Å². The van der Waals surface area contributed by atoms with Crippen molar-refractivity contribution in [3.8, 4) is 0 Å². The third kappa shape index (κ3) is 3.55. The predicted octanol–water partition coefficient (Wildman–Crippen LogP) is 5.86. The van der Waals surface area contributed by atoms with Gasteiger partial charge < -0.3 is 4.43 Å². The van der Waals surface area contributed by atoms with Gasteiger partial charge in [0, 0.05) is 11.5 Å². The number of halogens is 1. The summed E-state index contributed by atoms with van der Waals surface area (Å²) in [4.78, 5) is 11.1. The summed E-state index contributed by atoms with van der Waals surface area (Å²) < 4.78 is 6.37. The second-order valence-electron chi connectivity index (χ2n) is 8.35. The van der Waals surface area contributed by atoms with Crippen LogP contribution in [0, 0.1) is 5.92 Å². The van der Waals surface area contributed by atoms with Gasteiger partial charge in [0.25, 0.3) is 0 Å². The van der Waals surface area contributed by atoms with E-state index in [4.69, 9.17) is 16.0 Å². The lowest BCUT2D eigenvalue weighted by atomic mass is 9.85. The summed E-state index contributed by atoms with van der Waals surface area (Å²) in [5, 5.41) is 1.98. The largest absolute Gasteiger partial charge is 0.417 e. The summed E-state index contributed by atoms with van der Waals surface area (Å²) in [5.41, 5.74) is 1.39. The predicted molar refractivity (Wildman–Crippen MR) is 106 cm³/mol. The first-order valence-electron chi connectivity index (χ1n) is 8.74. The molecule has 1 atom stereocenters. The molecule has 2 heterocycles. The summed E-state index contributed by atoms with van der Waals surface area (Å²) in [6.07, 6.45) is 6.16. The monoisotopic (exact) mass is 382 g/mol. The highest BCUT2D eigenvalue weighted by molar-refractivity contribution is 7.19. The summed E-state index contributed by atoms with van der Waals surface area (Å²) in [6.45, 7) is 12.4. The Hall–Kier alpha value is -0.493. The van der Waals surface area contributed by atoms with Gasteiger partial charge in [-0.3, -0.25) is 0 Å². The molecule has 24 heavy (non-hydrogen) atoms. The van der Waals surface area contributed by atoms with Gasteiger partial charge in [0.2, 0.25) is 0 Å². The van der Waals surface area contributed by atoms with Crippen molar-refractivity contribution >= 4 is 41.5 Å². The zero-order valence-corrected chi connectivity index (χ0v) is 17.9. The van der Waals surface area contributed by atoms with Crippen molar-refractivity contribution in [3.63, 3.8) is 0 Å². The lowest BCUT2D eigenvalue weighted by Gasteiger charge is -2.36. The second kappa shape index (κ2) is 6.67. The highest BCUT2D eigenvalue weighted by Gasteiger charge is 2.37. The number of hydrogen-bond acceptors (Lipinski definition) is 4. The van der Waals surface area contributed by atoms with E-state index in [1.165, 1.54) is 16.9 Å². The van der Waals surface area contributed by atoms with Crippen LogP contribution < -0.4 is 0 Å². The SMILES string of the molecule is CC(C)(C)[Si](C)(C)OCC[C@H]1CCc2sc3ncnc(Cl)c3c2C1. The summed E-state index contributed by atoms with van der Waals surface area (Å²) in [5.74, 6) is 0.677. The minimum Gasteiger partial charge on any atom is -0.417 e. The second-order valence-corrected chi connectivity index (χ2v) is 14.6. The molecule has 0 spiro atoms. The summed E-state index contributed by atoms with van der Waals surface area (Å²) in [6, 6.07) is 0. The maximum absolute atomic E-state index is 6.37. The highest BCUT2D eigenvalue weighted by atomic mass is 35.5. The molecule has 0 radical (unpaired) electrons. The van der Waals surface area contributed by atoms with Crippen LogP contribution in [0.4, 0.5) is 0 Å². The molecule has 0 bridgehead atoms. The fourth-order valence-electron chi connectivity index (χ4n) is 3.09. The number of hydrogen-bond donors (Lipinski definition) is 0. The van der Waals surface area contributed by atoms with Gasteiger partial charge in [0.05, 0.1) is 5.39 Å². The van der Waals surface area contributed by atoms with Crippen LogP contribution in [0.3, 0.4) is 0 Å². The maximum Gasteiger partial charge on any atom is 0.191 e. The van der Waals surface area contributed by atoms with E-state index in [9.17, 15) is 0 Å². The zero-order valence-electron chi connectivity index (χ0n) is 15.3. The topological polar surface area (TPSA) is 35.0 Å². The lowest BCUT2D eigenvalue weighted by molar-refractivity contribution is 0.247. The molecule has 0 amide bonds. The van der Waals surface area contributed by atoms with Crippen LogP contribution in [0.5, 0.6) is 0 Å². The molecule has 1 aliphatic carbocycles. The Kier molecular flexibility index (Phi) is 5.09. The quantitative estimate of drug-likeness (QED) is 0.490. The molecule has 132 valence electrons. The smallest absolute Gasteiger partial charge is 0.191 e. The molecule has 0 aliphatic heterocycles. The van der Waals surface area contributed by atoms with Crippen LogP contribution in [-0.4, -0.2) is 24.9 Å². The fourth-order valence-corrected chi connectivity index (χ4v) is 5.63. The Labute approximate surface area is 154 Å². The van der Waals surface area contributed by atoms with Crippen molar-refractivity contribution in [1.29, 1.82) is 0 Å². The van der Waals surface area contributed by atoms with Crippen LogP contribution >= 0.6 is 22.9 Å². The van der Waals surface area contributed by atoms with Gasteiger partial charge in [0.1, 0.15) is 16.3 Å². The molecule has 3 rings (SSSR count). The van der Waals surface area contributed by atoms with Gasteiger partial charge in [0.15, 0.2) is 8.32 Å². The molecule has 3 nitrogen and oxygen atoms in total. The van der Waals surface area contributed by atoms with Crippen LogP contribution in [0.15, 0.2) is 6.33 Å². The fraction of sp³-hybridized carbons (Fsp3) is 0.667. The first kappa shape index (κ1) is 18.3. The van der Waals surface area contributed by atoms with E-state index in [1.807, 2.05) is 0 Å². The van der Waals surface area contributed by atoms with Crippen molar-refractivity contribution < 1.29 is 4.43 Å². The first-order valence-corrected chi connectivity index (χ1v) is 12.8. The molecule has 2 aromatic heterocycles. The highest BCUT2D eigenvalue weighted by Crippen LogP contribution is 2.41. The minimum atomic E-state index is -1.64. The van der Waals surface area contributed by atoms with Gasteiger partial charge in [-0.25, -0.2) is 9.97 Å². The number of rotatable bonds is 4. The van der Waals surface area contributed by atoms with Crippen LogP contribution in [-0.2, 0) is 17.3 Å². The molecule has 0 aromatic carbocycles. The van der Waals surface area contributed by atoms with E-state index in [0.29, 0.717) is 11.1 Å². The molecule has 0 fully saturated rings. The van der Waals surface area contributed by atoms with Crippen molar-refractivity contribution in [2.75, 3.05) is 6.61 Å². The Balaban J connectivity index is 1.67. The average Bonchev–Trinajstić information content (AvgIpc) is 2.85. The van der Waals surface area contributed by atoms with Crippen LogP contribution in [0.1, 0.15) is 44.1 Å². The van der Waals surface area contributed by atoms with E-state index in [1.54, 1.807) is 17.7 Å². The maximum atomic E-state index is 6.37. The lowest BCUT2D eigenvalue weighted by Crippen LogP contribution is -2.41. The van der Waals surface area contributed by atoms with Crippen LogP contribution in [0.2, 0.25) is 23.3 Å². The van der Waals surface area contributed by atoms with Gasteiger partial charge in [-0.2, -0.15) is 0 Å². The van der Waals surface area contributed by atoms with Gasteiger partial charge in [-0.15, -0.1) is 11.3 Å². The van der Waals surface area contributed by atoms with Crippen molar-refractivity contribution in [1.82, 2.24) is 9.97 Å². The van der Waals surface area contributed by atoms with E-state index < -0.39 is 8.32 Å². The number of fused-ring (bicyclic) bond motifs is 3. The summed E-state index contributed by atoms with van der Waals surface area (Å²) >= 11 is 8.12. The number of thiophene rings is 1. The van der Waals surface area contributed by atoms with Crippen molar-refractivity contribution in [3.05, 3.63) is 21.9 Å². The normalized spacial score (nSPS) is 18.8. The molecule has 0 N–H and O–H groups in total. The zero-order chi connectivity index (χ0) is 17.5. The first-order chi connectivity index (χ1) is 11.2. The standard InChI is InChI=1S/C18H27ClN2OSSi/c1-18(2,3)24(4,5)22-9-8-12-6-7-14-13(10-12)15-16(19)20-11-21-17(15)23-14/h11-12H,6-10H2,1-5H3/t12-/m1/s1. The molecular weight excluding hydrogens is 356 g/mol. The molecule has 0 unspecified atom stereocenters.